The van der Waals surface area contributed by atoms with Crippen molar-refractivity contribution in [1.82, 2.24) is 14.9 Å². The number of rotatable bonds is 3. The van der Waals surface area contributed by atoms with E-state index in [1.165, 1.54) is 0 Å². The van der Waals surface area contributed by atoms with Gasteiger partial charge in [0, 0.05) is 29.1 Å². The van der Waals surface area contributed by atoms with E-state index in [-0.39, 0.29) is 18.2 Å². The summed E-state index contributed by atoms with van der Waals surface area (Å²) >= 11 is 2.20. The van der Waals surface area contributed by atoms with Crippen molar-refractivity contribution in [1.29, 1.82) is 0 Å². The van der Waals surface area contributed by atoms with Crippen LogP contribution >= 0.6 is 22.6 Å². The van der Waals surface area contributed by atoms with E-state index in [1.54, 1.807) is 0 Å². The molecule has 7 heteroatoms. The van der Waals surface area contributed by atoms with Gasteiger partial charge in [0.05, 0.1) is 18.7 Å². The molecule has 1 aromatic heterocycles. The molecule has 0 saturated carbocycles. The minimum Gasteiger partial charge on any atom is -0.449 e. The second-order valence-corrected chi connectivity index (χ2v) is 7.61. The van der Waals surface area contributed by atoms with Gasteiger partial charge in [-0.1, -0.05) is 13.8 Å². The van der Waals surface area contributed by atoms with Crippen LogP contribution in [0.25, 0.3) is 0 Å². The summed E-state index contributed by atoms with van der Waals surface area (Å²) in [5, 5.41) is 0. The number of fused-ring (bicyclic) bond motifs is 2. The average molecular weight is 416 g/mol. The van der Waals surface area contributed by atoms with Gasteiger partial charge in [0.1, 0.15) is 0 Å². The van der Waals surface area contributed by atoms with Crippen LogP contribution in [0.3, 0.4) is 0 Å². The Kier molecular flexibility index (Phi) is 4.70. The summed E-state index contributed by atoms with van der Waals surface area (Å²) in [5.41, 5.74) is 0. The van der Waals surface area contributed by atoms with Crippen LogP contribution in [0.2, 0.25) is 0 Å². The number of nitrogens with zero attached hydrogens (tertiary/aromatic N) is 4. The lowest BCUT2D eigenvalue weighted by Gasteiger charge is -2.40. The highest BCUT2D eigenvalue weighted by Crippen LogP contribution is 2.32. The van der Waals surface area contributed by atoms with Gasteiger partial charge in [0.25, 0.3) is 0 Å². The van der Waals surface area contributed by atoms with Gasteiger partial charge >= 0.3 is 6.09 Å². The van der Waals surface area contributed by atoms with Crippen molar-refractivity contribution in [3.8, 4) is 0 Å². The Hall–Kier alpha value is -1.12. The van der Waals surface area contributed by atoms with Gasteiger partial charge in [-0.3, -0.25) is 4.90 Å². The minimum absolute atomic E-state index is 0.163. The Balaban J connectivity index is 1.66. The molecule has 2 aliphatic rings. The summed E-state index contributed by atoms with van der Waals surface area (Å²) in [6.07, 6.45) is 5.55. The molecule has 120 valence electrons. The third-order valence-electron chi connectivity index (χ3n) is 4.12. The first-order chi connectivity index (χ1) is 10.5. The van der Waals surface area contributed by atoms with Gasteiger partial charge < -0.3 is 9.64 Å². The number of anilines is 1. The first-order valence-corrected chi connectivity index (χ1v) is 8.80. The lowest BCUT2D eigenvalue weighted by Crippen LogP contribution is -2.56. The van der Waals surface area contributed by atoms with Crippen molar-refractivity contribution in [2.45, 2.75) is 38.8 Å². The molecule has 3 heterocycles. The third kappa shape index (κ3) is 3.28. The lowest BCUT2D eigenvalue weighted by molar-refractivity contribution is 0.0702. The number of hydrogen-bond acceptors (Lipinski definition) is 5. The molecule has 0 aliphatic carbocycles. The van der Waals surface area contributed by atoms with Crippen LogP contribution in [0.1, 0.15) is 26.7 Å². The van der Waals surface area contributed by atoms with Gasteiger partial charge in [0.15, 0.2) is 0 Å². The van der Waals surface area contributed by atoms with E-state index in [9.17, 15) is 4.79 Å². The quantitative estimate of drug-likeness (QED) is 0.709. The van der Waals surface area contributed by atoms with Crippen LogP contribution < -0.4 is 4.90 Å². The Morgan fingerprint density at radius 1 is 1.32 bits per heavy atom. The van der Waals surface area contributed by atoms with Crippen molar-refractivity contribution >= 4 is 34.6 Å². The molecule has 0 radical (unpaired) electrons. The third-order valence-corrected chi connectivity index (χ3v) is 4.68. The van der Waals surface area contributed by atoms with E-state index in [4.69, 9.17) is 4.74 Å². The highest BCUT2D eigenvalue weighted by molar-refractivity contribution is 14.1. The molecule has 2 atom stereocenters. The number of aromatic nitrogens is 2. The van der Waals surface area contributed by atoms with Crippen LogP contribution in [0.5, 0.6) is 0 Å². The zero-order valence-corrected chi connectivity index (χ0v) is 15.1. The Morgan fingerprint density at radius 2 is 1.91 bits per heavy atom. The fourth-order valence-electron chi connectivity index (χ4n) is 3.15. The van der Waals surface area contributed by atoms with Crippen LogP contribution in [0, 0.1) is 9.49 Å². The molecule has 2 saturated heterocycles. The Morgan fingerprint density at radius 3 is 2.45 bits per heavy atom. The normalized spacial score (nSPS) is 24.0. The highest BCUT2D eigenvalue weighted by atomic mass is 127. The van der Waals surface area contributed by atoms with Crippen LogP contribution in [-0.2, 0) is 4.74 Å². The summed E-state index contributed by atoms with van der Waals surface area (Å²) in [5.74, 6) is 1.12. The number of carbonyl (C=O) groups is 1. The fourth-order valence-corrected chi connectivity index (χ4v) is 3.42. The van der Waals surface area contributed by atoms with Crippen LogP contribution in [-0.4, -0.2) is 52.7 Å². The predicted molar refractivity (Wildman–Crippen MR) is 91.8 cm³/mol. The number of carbonyl (C=O) groups excluding carboxylic acids is 1. The highest BCUT2D eigenvalue weighted by Gasteiger charge is 2.44. The van der Waals surface area contributed by atoms with Crippen molar-refractivity contribution < 1.29 is 9.53 Å². The number of piperazine rings is 1. The molecule has 2 bridgehead atoms. The fraction of sp³-hybridized carbons (Fsp3) is 0.667. The second-order valence-electron chi connectivity index (χ2n) is 6.37. The average Bonchev–Trinajstić information content (AvgIpc) is 2.76. The van der Waals surface area contributed by atoms with E-state index in [0.29, 0.717) is 12.5 Å². The molecule has 2 unspecified atom stereocenters. The molecule has 0 aromatic carbocycles. The summed E-state index contributed by atoms with van der Waals surface area (Å²) in [4.78, 5) is 25.2. The summed E-state index contributed by atoms with van der Waals surface area (Å²) < 4.78 is 6.44. The zero-order chi connectivity index (χ0) is 15.7. The molecule has 0 spiro atoms. The standard InChI is InChI=1S/C15H21IN4O2/c1-10(2)9-22-15(21)20-12-3-4-13(20)8-19(7-12)14-17-5-11(16)6-18-14/h5-6,10,12-13H,3-4,7-9H2,1-2H3. The molecule has 22 heavy (non-hydrogen) atoms. The molecule has 6 nitrogen and oxygen atoms in total. The first-order valence-electron chi connectivity index (χ1n) is 7.72. The molecule has 2 fully saturated rings. The molecule has 0 N–H and O–H groups in total. The summed E-state index contributed by atoms with van der Waals surface area (Å²) in [6.45, 7) is 6.16. The first kappa shape index (κ1) is 15.8. The molecular formula is C15H21IN4O2. The van der Waals surface area contributed by atoms with E-state index in [0.717, 1.165) is 35.4 Å². The van der Waals surface area contributed by atoms with Crippen LogP contribution in [0.4, 0.5) is 10.7 Å². The van der Waals surface area contributed by atoms with E-state index < -0.39 is 0 Å². The van der Waals surface area contributed by atoms with Crippen molar-refractivity contribution in [2.75, 3.05) is 24.6 Å². The SMILES string of the molecule is CC(C)COC(=O)N1C2CCC1CN(c1ncc(I)cn1)C2. The predicted octanol–water partition coefficient (Wildman–Crippen LogP) is 2.53. The van der Waals surface area contributed by atoms with Gasteiger partial charge in [-0.15, -0.1) is 0 Å². The van der Waals surface area contributed by atoms with E-state index >= 15 is 0 Å². The molecule has 1 aromatic rings. The van der Waals surface area contributed by atoms with Gasteiger partial charge in [-0.2, -0.15) is 0 Å². The minimum atomic E-state index is -0.163. The Labute approximate surface area is 144 Å². The van der Waals surface area contributed by atoms with Gasteiger partial charge in [-0.25, -0.2) is 14.8 Å². The topological polar surface area (TPSA) is 58.6 Å². The number of halogens is 1. The smallest absolute Gasteiger partial charge is 0.410 e. The number of hydrogen-bond donors (Lipinski definition) is 0. The maximum Gasteiger partial charge on any atom is 0.410 e. The van der Waals surface area contributed by atoms with E-state index in [2.05, 4.69) is 37.5 Å². The molecule has 2 aliphatic heterocycles. The summed E-state index contributed by atoms with van der Waals surface area (Å²) in [6, 6.07) is 0.419. The second kappa shape index (κ2) is 6.55. The number of ether oxygens (including phenoxy) is 1. The van der Waals surface area contributed by atoms with Gasteiger partial charge in [0.2, 0.25) is 5.95 Å². The molecule has 3 rings (SSSR count). The monoisotopic (exact) mass is 416 g/mol. The molecular weight excluding hydrogens is 395 g/mol. The van der Waals surface area contributed by atoms with Crippen molar-refractivity contribution in [3.63, 3.8) is 0 Å². The van der Waals surface area contributed by atoms with Crippen molar-refractivity contribution in [3.05, 3.63) is 16.0 Å². The van der Waals surface area contributed by atoms with E-state index in [1.807, 2.05) is 31.1 Å². The number of amides is 1. The van der Waals surface area contributed by atoms with Crippen LogP contribution in [0.15, 0.2) is 12.4 Å². The lowest BCUT2D eigenvalue weighted by atomic mass is 10.2. The zero-order valence-electron chi connectivity index (χ0n) is 12.9. The maximum absolute atomic E-state index is 12.3. The molecule has 1 amide bonds. The summed E-state index contributed by atoms with van der Waals surface area (Å²) in [7, 11) is 0. The Bertz CT molecular complexity index is 523. The van der Waals surface area contributed by atoms with Crippen molar-refractivity contribution in [2.24, 2.45) is 5.92 Å². The largest absolute Gasteiger partial charge is 0.449 e. The van der Waals surface area contributed by atoms with Gasteiger partial charge in [-0.05, 0) is 41.4 Å². The maximum atomic E-state index is 12.3.